The number of carbonyl (C=O) groups is 1. The number of nitrogens with zero attached hydrogens (tertiary/aromatic N) is 1. The number of hydrogen-bond acceptors (Lipinski definition) is 2. The first-order chi connectivity index (χ1) is 9.42. The quantitative estimate of drug-likeness (QED) is 0.839. The van der Waals surface area contributed by atoms with Crippen molar-refractivity contribution in [3.05, 3.63) is 46.2 Å². The highest BCUT2D eigenvalue weighted by Crippen LogP contribution is 2.24. The zero-order valence-electron chi connectivity index (χ0n) is 10.6. The average Bonchev–Trinajstić information content (AvgIpc) is 2.77. The lowest BCUT2D eigenvalue weighted by molar-refractivity contribution is 0.101. The molecular weight excluding hydrogens is 332 g/mol. The molecule has 1 aromatic heterocycles. The molecule has 0 atom stereocenters. The van der Waals surface area contributed by atoms with Gasteiger partial charge in [-0.1, -0.05) is 0 Å². The molecule has 1 aromatic carbocycles. The summed E-state index contributed by atoms with van der Waals surface area (Å²) >= 11 is 2.87. The molecule has 106 valence electrons. The van der Waals surface area contributed by atoms with Crippen LogP contribution in [0.25, 0.3) is 0 Å². The molecule has 0 saturated carbocycles. The Morgan fingerprint density at radius 1 is 1.35 bits per heavy atom. The number of aryl methyl sites for hydroxylation is 1. The maximum absolute atomic E-state index is 13.7. The van der Waals surface area contributed by atoms with Crippen LogP contribution in [-0.2, 0) is 6.54 Å². The summed E-state index contributed by atoms with van der Waals surface area (Å²) in [6.07, 6.45) is 1.60. The van der Waals surface area contributed by atoms with Crippen molar-refractivity contribution in [1.82, 2.24) is 4.57 Å². The lowest BCUT2D eigenvalue weighted by Crippen LogP contribution is -2.17. The van der Waals surface area contributed by atoms with Gasteiger partial charge in [0.25, 0.3) is 5.91 Å². The fourth-order valence-electron chi connectivity index (χ4n) is 1.79. The predicted molar refractivity (Wildman–Crippen MR) is 76.5 cm³/mol. The number of amides is 1. The second-order valence-electron chi connectivity index (χ2n) is 4.14. The number of nitrogens with two attached hydrogens (primary N) is 1. The van der Waals surface area contributed by atoms with Crippen LogP contribution in [0.2, 0.25) is 0 Å². The summed E-state index contributed by atoms with van der Waals surface area (Å²) in [4.78, 5) is 12.1. The number of carbonyl (C=O) groups excluding carboxylic acids is 1. The molecule has 4 nitrogen and oxygen atoms in total. The molecule has 3 N–H and O–H groups in total. The third-order valence-electron chi connectivity index (χ3n) is 2.75. The Labute approximate surface area is 122 Å². The Kier molecular flexibility index (Phi) is 4.08. The molecule has 1 heterocycles. The van der Waals surface area contributed by atoms with Crippen LogP contribution in [0, 0.1) is 11.6 Å². The molecule has 0 saturated heterocycles. The van der Waals surface area contributed by atoms with Crippen molar-refractivity contribution in [3.8, 4) is 0 Å². The molecule has 0 unspecified atom stereocenters. The predicted octanol–water partition coefficient (Wildman–Crippen LogP) is 3.38. The normalized spacial score (nSPS) is 10.6. The zero-order valence-corrected chi connectivity index (χ0v) is 12.2. The highest BCUT2D eigenvalue weighted by Gasteiger charge is 2.15. The molecule has 0 aliphatic carbocycles. The minimum Gasteiger partial charge on any atom is -0.397 e. The molecule has 2 aromatic rings. The molecule has 0 aliphatic rings. The first-order valence-corrected chi connectivity index (χ1v) is 6.63. The second kappa shape index (κ2) is 5.62. The van der Waals surface area contributed by atoms with Crippen LogP contribution in [0.5, 0.6) is 0 Å². The number of nitrogens with one attached hydrogen (secondary N) is 1. The van der Waals surface area contributed by atoms with E-state index in [1.54, 1.807) is 10.8 Å². The molecule has 20 heavy (non-hydrogen) atoms. The van der Waals surface area contributed by atoms with Crippen molar-refractivity contribution in [3.63, 3.8) is 0 Å². The van der Waals surface area contributed by atoms with Gasteiger partial charge in [-0.15, -0.1) is 0 Å². The van der Waals surface area contributed by atoms with Crippen LogP contribution in [0.4, 0.5) is 20.2 Å². The summed E-state index contributed by atoms with van der Waals surface area (Å²) in [5.74, 6) is -1.94. The highest BCUT2D eigenvalue weighted by molar-refractivity contribution is 9.10. The molecular formula is C13H12BrF2N3O. The first-order valence-electron chi connectivity index (χ1n) is 5.84. The Balaban J connectivity index is 2.30. The first kappa shape index (κ1) is 14.5. The van der Waals surface area contributed by atoms with Crippen LogP contribution < -0.4 is 11.1 Å². The number of nitrogen functional groups attached to an aromatic ring is 1. The second-order valence-corrected chi connectivity index (χ2v) is 5.00. The number of rotatable bonds is 3. The number of anilines is 2. The summed E-state index contributed by atoms with van der Waals surface area (Å²) in [6, 6.07) is 3.35. The smallest absolute Gasteiger partial charge is 0.272 e. The average molecular weight is 344 g/mol. The van der Waals surface area contributed by atoms with Crippen molar-refractivity contribution in [2.45, 2.75) is 13.5 Å². The third kappa shape index (κ3) is 2.82. The van der Waals surface area contributed by atoms with Crippen molar-refractivity contribution in [2.75, 3.05) is 11.1 Å². The molecule has 0 fully saturated rings. The van der Waals surface area contributed by atoms with Crippen LogP contribution >= 0.6 is 15.9 Å². The molecule has 2 rings (SSSR count). The van der Waals surface area contributed by atoms with E-state index in [0.29, 0.717) is 12.2 Å². The van der Waals surface area contributed by atoms with Crippen molar-refractivity contribution in [2.24, 2.45) is 0 Å². The summed E-state index contributed by atoms with van der Waals surface area (Å²) in [6.45, 7) is 2.38. The Morgan fingerprint density at radius 2 is 2.05 bits per heavy atom. The van der Waals surface area contributed by atoms with Gasteiger partial charge in [0.1, 0.15) is 17.3 Å². The van der Waals surface area contributed by atoms with E-state index < -0.39 is 17.5 Å². The minimum atomic E-state index is -0.728. The van der Waals surface area contributed by atoms with Gasteiger partial charge in [-0.05, 0) is 35.0 Å². The van der Waals surface area contributed by atoms with E-state index in [-0.39, 0.29) is 15.9 Å². The largest absolute Gasteiger partial charge is 0.397 e. The summed E-state index contributed by atoms with van der Waals surface area (Å²) in [7, 11) is 0. The molecule has 7 heteroatoms. The fraction of sp³-hybridized carbons (Fsp3) is 0.154. The summed E-state index contributed by atoms with van der Waals surface area (Å²) in [5.41, 5.74) is 6.11. The van der Waals surface area contributed by atoms with Gasteiger partial charge >= 0.3 is 0 Å². The van der Waals surface area contributed by atoms with Crippen LogP contribution in [0.3, 0.4) is 0 Å². The number of benzene rings is 1. The fourth-order valence-corrected chi connectivity index (χ4v) is 2.11. The van der Waals surface area contributed by atoms with E-state index in [1.165, 1.54) is 6.07 Å². The van der Waals surface area contributed by atoms with Gasteiger partial charge in [0.15, 0.2) is 0 Å². The van der Waals surface area contributed by atoms with Gasteiger partial charge in [0, 0.05) is 18.8 Å². The van der Waals surface area contributed by atoms with Crippen molar-refractivity contribution < 1.29 is 13.6 Å². The standard InChI is InChI=1S/C13H12BrF2N3O/c1-2-19-6-7(17)3-12(19)13(20)18-11-5-9(15)8(14)4-10(11)16/h3-6H,2,17H2,1H3,(H,18,20). The van der Waals surface area contributed by atoms with Crippen LogP contribution in [-0.4, -0.2) is 10.5 Å². The van der Waals surface area contributed by atoms with Crippen LogP contribution in [0.1, 0.15) is 17.4 Å². The topological polar surface area (TPSA) is 60.0 Å². The maximum atomic E-state index is 13.7. The lowest BCUT2D eigenvalue weighted by Gasteiger charge is -2.09. The minimum absolute atomic E-state index is 0.00539. The highest BCUT2D eigenvalue weighted by atomic mass is 79.9. The summed E-state index contributed by atoms with van der Waals surface area (Å²) < 4.78 is 28.6. The van der Waals surface area contributed by atoms with Gasteiger partial charge in [-0.3, -0.25) is 4.79 Å². The van der Waals surface area contributed by atoms with Gasteiger partial charge < -0.3 is 15.6 Å². The van der Waals surface area contributed by atoms with Gasteiger partial charge in [-0.2, -0.15) is 0 Å². The number of halogens is 3. The van der Waals surface area contributed by atoms with E-state index in [2.05, 4.69) is 21.2 Å². The van der Waals surface area contributed by atoms with E-state index >= 15 is 0 Å². The Bertz CT molecular complexity index is 670. The zero-order chi connectivity index (χ0) is 14.9. The monoisotopic (exact) mass is 343 g/mol. The Hall–Kier alpha value is -1.89. The van der Waals surface area contributed by atoms with Gasteiger partial charge in [0.05, 0.1) is 15.8 Å². The molecule has 1 amide bonds. The Morgan fingerprint density at radius 3 is 2.70 bits per heavy atom. The number of hydrogen-bond donors (Lipinski definition) is 2. The summed E-state index contributed by atoms with van der Waals surface area (Å²) in [5, 5.41) is 2.33. The van der Waals surface area contributed by atoms with Crippen LogP contribution in [0.15, 0.2) is 28.9 Å². The molecule has 0 bridgehead atoms. The van der Waals surface area contributed by atoms with E-state index in [0.717, 1.165) is 12.1 Å². The van der Waals surface area contributed by atoms with Crippen molar-refractivity contribution in [1.29, 1.82) is 0 Å². The van der Waals surface area contributed by atoms with E-state index in [4.69, 9.17) is 5.73 Å². The van der Waals surface area contributed by atoms with Gasteiger partial charge in [-0.25, -0.2) is 8.78 Å². The molecule has 0 radical (unpaired) electrons. The third-order valence-corrected chi connectivity index (χ3v) is 3.36. The van der Waals surface area contributed by atoms with Gasteiger partial charge in [0.2, 0.25) is 0 Å². The maximum Gasteiger partial charge on any atom is 0.272 e. The van der Waals surface area contributed by atoms with E-state index in [1.807, 2.05) is 6.92 Å². The van der Waals surface area contributed by atoms with E-state index in [9.17, 15) is 13.6 Å². The number of aromatic nitrogens is 1. The molecule has 0 spiro atoms. The SMILES string of the molecule is CCn1cc(N)cc1C(=O)Nc1cc(F)c(Br)cc1F. The lowest BCUT2D eigenvalue weighted by atomic mass is 10.2. The van der Waals surface area contributed by atoms with Crippen molar-refractivity contribution >= 4 is 33.2 Å². The molecule has 0 aliphatic heterocycles.